The minimum Gasteiger partial charge on any atom is -0.317 e. The second-order valence-electron chi connectivity index (χ2n) is 3.77. The molecule has 1 nitrogen and oxygen atoms in total. The summed E-state index contributed by atoms with van der Waals surface area (Å²) in [6.07, 6.45) is 2.30. The number of hydrogen-bond acceptors (Lipinski definition) is 1. The second kappa shape index (κ2) is 6.81. The van der Waals surface area contributed by atoms with Crippen molar-refractivity contribution >= 4 is 24.0 Å². The van der Waals surface area contributed by atoms with Gasteiger partial charge < -0.3 is 5.32 Å². The molecule has 1 aliphatic heterocycles. The zero-order chi connectivity index (χ0) is 10.5. The van der Waals surface area contributed by atoms with Gasteiger partial charge in [0.05, 0.1) is 5.02 Å². The molecule has 0 unspecified atom stereocenters. The summed E-state index contributed by atoms with van der Waals surface area (Å²) in [5.41, 5.74) is 0.942. The van der Waals surface area contributed by atoms with Crippen LogP contribution in [0, 0.1) is 17.8 Å². The van der Waals surface area contributed by atoms with E-state index in [9.17, 15) is 0 Å². The monoisotopic (exact) mass is 255 g/mol. The average Bonchev–Trinajstić information content (AvgIpc) is 2.29. The predicted octanol–water partition coefficient (Wildman–Crippen LogP) is 3.11. The van der Waals surface area contributed by atoms with Crippen molar-refractivity contribution in [2.75, 3.05) is 13.1 Å². The van der Waals surface area contributed by atoms with Crippen molar-refractivity contribution in [3.05, 3.63) is 34.9 Å². The van der Waals surface area contributed by atoms with Crippen LogP contribution < -0.4 is 5.32 Å². The fourth-order valence-electron chi connectivity index (χ4n) is 1.71. The highest BCUT2D eigenvalue weighted by molar-refractivity contribution is 6.31. The minimum atomic E-state index is 0. The van der Waals surface area contributed by atoms with Gasteiger partial charge in [-0.1, -0.05) is 35.6 Å². The molecule has 0 aromatic heterocycles. The Morgan fingerprint density at radius 1 is 1.19 bits per heavy atom. The zero-order valence-electron chi connectivity index (χ0n) is 9.00. The third-order valence-corrected chi connectivity index (χ3v) is 2.95. The Hall–Kier alpha value is -0.680. The minimum absolute atomic E-state index is 0. The number of piperidine rings is 1. The van der Waals surface area contributed by atoms with Gasteiger partial charge in [-0.2, -0.15) is 0 Å². The molecule has 0 saturated carbocycles. The smallest absolute Gasteiger partial charge is 0.0562 e. The van der Waals surface area contributed by atoms with E-state index in [-0.39, 0.29) is 12.4 Å². The molecular weight excluding hydrogens is 241 g/mol. The molecule has 0 atom stereocenters. The van der Waals surface area contributed by atoms with Crippen molar-refractivity contribution in [2.24, 2.45) is 5.92 Å². The molecule has 1 aromatic rings. The van der Waals surface area contributed by atoms with Crippen LogP contribution in [0.25, 0.3) is 0 Å². The summed E-state index contributed by atoms with van der Waals surface area (Å²) in [6, 6.07) is 7.75. The van der Waals surface area contributed by atoms with Crippen LogP contribution in [0.2, 0.25) is 5.02 Å². The largest absolute Gasteiger partial charge is 0.317 e. The quantitative estimate of drug-likeness (QED) is 0.703. The molecule has 2 rings (SSSR count). The van der Waals surface area contributed by atoms with Gasteiger partial charge in [0.15, 0.2) is 0 Å². The van der Waals surface area contributed by atoms with Crippen molar-refractivity contribution in [2.45, 2.75) is 12.8 Å². The fourth-order valence-corrected chi connectivity index (χ4v) is 1.89. The van der Waals surface area contributed by atoms with E-state index in [2.05, 4.69) is 17.2 Å². The van der Waals surface area contributed by atoms with Crippen molar-refractivity contribution in [3.8, 4) is 11.8 Å². The Bertz CT molecular complexity index is 386. The Morgan fingerprint density at radius 3 is 2.56 bits per heavy atom. The molecule has 0 radical (unpaired) electrons. The van der Waals surface area contributed by atoms with Gasteiger partial charge in [-0.25, -0.2) is 0 Å². The number of nitrogens with one attached hydrogen (secondary N) is 1. The SMILES string of the molecule is Cl.Clc1ccccc1C#CC1CCNCC1. The first kappa shape index (κ1) is 13.4. The van der Waals surface area contributed by atoms with E-state index in [1.54, 1.807) is 0 Å². The van der Waals surface area contributed by atoms with Gasteiger partial charge in [0.1, 0.15) is 0 Å². The van der Waals surface area contributed by atoms with Crippen LogP contribution in [0.5, 0.6) is 0 Å². The van der Waals surface area contributed by atoms with E-state index in [0.29, 0.717) is 5.92 Å². The Morgan fingerprint density at radius 2 is 1.88 bits per heavy atom. The van der Waals surface area contributed by atoms with Crippen LogP contribution >= 0.6 is 24.0 Å². The highest BCUT2D eigenvalue weighted by atomic mass is 35.5. The third-order valence-electron chi connectivity index (χ3n) is 2.62. The van der Waals surface area contributed by atoms with Gasteiger partial charge >= 0.3 is 0 Å². The Labute approximate surface area is 108 Å². The lowest BCUT2D eigenvalue weighted by Crippen LogP contribution is -2.26. The Kier molecular flexibility index (Phi) is 5.69. The van der Waals surface area contributed by atoms with Crippen molar-refractivity contribution in [3.63, 3.8) is 0 Å². The molecule has 1 fully saturated rings. The molecule has 1 saturated heterocycles. The van der Waals surface area contributed by atoms with Crippen molar-refractivity contribution in [1.29, 1.82) is 0 Å². The van der Waals surface area contributed by atoms with E-state index in [1.165, 1.54) is 0 Å². The van der Waals surface area contributed by atoms with E-state index in [0.717, 1.165) is 36.5 Å². The molecule has 0 spiro atoms. The summed E-state index contributed by atoms with van der Waals surface area (Å²) in [4.78, 5) is 0. The summed E-state index contributed by atoms with van der Waals surface area (Å²) >= 11 is 6.03. The van der Waals surface area contributed by atoms with E-state index in [1.807, 2.05) is 24.3 Å². The molecule has 3 heteroatoms. The topological polar surface area (TPSA) is 12.0 Å². The molecule has 1 aliphatic rings. The van der Waals surface area contributed by atoms with Crippen LogP contribution in [0.15, 0.2) is 24.3 Å². The summed E-state index contributed by atoms with van der Waals surface area (Å²) in [5.74, 6) is 7.01. The molecule has 1 heterocycles. The maximum absolute atomic E-state index is 6.03. The molecule has 16 heavy (non-hydrogen) atoms. The third kappa shape index (κ3) is 3.72. The van der Waals surface area contributed by atoms with Gasteiger partial charge in [-0.15, -0.1) is 12.4 Å². The predicted molar refractivity (Wildman–Crippen MR) is 71.2 cm³/mol. The van der Waals surface area contributed by atoms with Gasteiger partial charge in [0, 0.05) is 11.5 Å². The molecular formula is C13H15Cl2N. The summed E-state index contributed by atoms with van der Waals surface area (Å²) < 4.78 is 0. The van der Waals surface area contributed by atoms with Gasteiger partial charge in [-0.3, -0.25) is 0 Å². The van der Waals surface area contributed by atoms with Crippen molar-refractivity contribution < 1.29 is 0 Å². The van der Waals surface area contributed by atoms with Gasteiger partial charge in [0.25, 0.3) is 0 Å². The van der Waals surface area contributed by atoms with Crippen LogP contribution in [0.1, 0.15) is 18.4 Å². The first-order valence-electron chi connectivity index (χ1n) is 5.33. The number of rotatable bonds is 0. The summed E-state index contributed by atoms with van der Waals surface area (Å²) in [5, 5.41) is 4.08. The summed E-state index contributed by atoms with van der Waals surface area (Å²) in [7, 11) is 0. The van der Waals surface area contributed by atoms with Crippen LogP contribution in [0.4, 0.5) is 0 Å². The molecule has 86 valence electrons. The lowest BCUT2D eigenvalue weighted by atomic mass is 9.98. The van der Waals surface area contributed by atoms with Crippen LogP contribution in [-0.2, 0) is 0 Å². The van der Waals surface area contributed by atoms with Gasteiger partial charge in [0.2, 0.25) is 0 Å². The lowest BCUT2D eigenvalue weighted by Gasteiger charge is -2.17. The number of halogens is 2. The standard InChI is InChI=1S/C13H14ClN.ClH/c14-13-4-2-1-3-12(13)6-5-11-7-9-15-10-8-11;/h1-4,11,15H,7-10H2;1H. The number of benzene rings is 1. The van der Waals surface area contributed by atoms with Gasteiger partial charge in [-0.05, 0) is 38.1 Å². The molecule has 1 N–H and O–H groups in total. The highest BCUT2D eigenvalue weighted by Crippen LogP contribution is 2.15. The molecule has 0 amide bonds. The maximum Gasteiger partial charge on any atom is 0.0562 e. The van der Waals surface area contributed by atoms with Crippen LogP contribution in [0.3, 0.4) is 0 Å². The van der Waals surface area contributed by atoms with E-state index in [4.69, 9.17) is 11.6 Å². The first-order chi connectivity index (χ1) is 7.36. The normalized spacial score (nSPS) is 15.8. The van der Waals surface area contributed by atoms with Crippen molar-refractivity contribution in [1.82, 2.24) is 5.32 Å². The molecule has 1 aromatic carbocycles. The second-order valence-corrected chi connectivity index (χ2v) is 4.18. The lowest BCUT2D eigenvalue weighted by molar-refractivity contribution is 0.447. The maximum atomic E-state index is 6.03. The van der Waals surface area contributed by atoms with E-state index < -0.39 is 0 Å². The molecule has 0 aliphatic carbocycles. The summed E-state index contributed by atoms with van der Waals surface area (Å²) in [6.45, 7) is 2.17. The fraction of sp³-hybridized carbons (Fsp3) is 0.385. The van der Waals surface area contributed by atoms with E-state index >= 15 is 0 Å². The first-order valence-corrected chi connectivity index (χ1v) is 5.71. The average molecular weight is 256 g/mol. The highest BCUT2D eigenvalue weighted by Gasteiger charge is 2.09. The zero-order valence-corrected chi connectivity index (χ0v) is 10.6. The number of hydrogen-bond donors (Lipinski definition) is 1. The molecule has 0 bridgehead atoms. The Balaban J connectivity index is 0.00000128. The van der Waals surface area contributed by atoms with Crippen LogP contribution in [-0.4, -0.2) is 13.1 Å².